The average molecular weight is 394 g/mol. The summed E-state index contributed by atoms with van der Waals surface area (Å²) in [5, 5.41) is 5.71. The van der Waals surface area contributed by atoms with Crippen molar-refractivity contribution in [3.05, 3.63) is 82.0 Å². The highest BCUT2D eigenvalue weighted by molar-refractivity contribution is 7.12. The van der Waals surface area contributed by atoms with Crippen LogP contribution >= 0.6 is 11.3 Å². The topological polar surface area (TPSA) is 77.0 Å². The van der Waals surface area contributed by atoms with Crippen LogP contribution in [0.3, 0.4) is 0 Å². The summed E-state index contributed by atoms with van der Waals surface area (Å²) in [6, 6.07) is 17.7. The minimum absolute atomic E-state index is 0.127. The molecule has 0 fully saturated rings. The third-order valence-corrected chi connectivity index (χ3v) is 4.43. The zero-order valence-electron chi connectivity index (χ0n) is 15.1. The Bertz CT molecular complexity index is 966. The Morgan fingerprint density at radius 2 is 1.89 bits per heavy atom. The van der Waals surface area contributed by atoms with E-state index in [1.165, 1.54) is 17.6 Å². The zero-order chi connectivity index (χ0) is 19.8. The summed E-state index contributed by atoms with van der Waals surface area (Å²) in [6.45, 7) is 1.82. The van der Waals surface area contributed by atoms with E-state index in [9.17, 15) is 9.59 Å². The van der Waals surface area contributed by atoms with Gasteiger partial charge in [-0.25, -0.2) is 10.2 Å². The van der Waals surface area contributed by atoms with Crippen LogP contribution in [0.5, 0.6) is 11.5 Å². The van der Waals surface area contributed by atoms with Crippen LogP contribution in [0, 0.1) is 6.92 Å². The van der Waals surface area contributed by atoms with E-state index >= 15 is 0 Å². The number of nitrogens with one attached hydrogen (secondary N) is 1. The maximum Gasteiger partial charge on any atom is 0.353 e. The molecule has 0 spiro atoms. The van der Waals surface area contributed by atoms with Crippen molar-refractivity contribution in [2.24, 2.45) is 5.10 Å². The van der Waals surface area contributed by atoms with Crippen molar-refractivity contribution in [1.82, 2.24) is 5.43 Å². The maximum absolute atomic E-state index is 11.9. The number of carbonyl (C=O) groups excluding carboxylic acids is 2. The van der Waals surface area contributed by atoms with E-state index in [-0.39, 0.29) is 12.5 Å². The normalized spacial score (nSPS) is 10.6. The first kappa shape index (κ1) is 19.3. The molecule has 0 aliphatic rings. The minimum Gasteiger partial charge on any atom is -0.484 e. The molecule has 3 rings (SSSR count). The Labute approximate surface area is 166 Å². The van der Waals surface area contributed by atoms with Crippen molar-refractivity contribution >= 4 is 29.4 Å². The zero-order valence-corrected chi connectivity index (χ0v) is 15.9. The van der Waals surface area contributed by atoms with E-state index < -0.39 is 5.97 Å². The molecule has 1 aromatic heterocycles. The Balaban J connectivity index is 1.45. The summed E-state index contributed by atoms with van der Waals surface area (Å²) < 4.78 is 10.7. The number of hydrazone groups is 1. The second kappa shape index (κ2) is 9.48. The molecular formula is C21H18N2O4S. The lowest BCUT2D eigenvalue weighted by atomic mass is 10.2. The Morgan fingerprint density at radius 3 is 2.61 bits per heavy atom. The second-order valence-corrected chi connectivity index (χ2v) is 6.78. The molecule has 28 heavy (non-hydrogen) atoms. The lowest BCUT2D eigenvalue weighted by Crippen LogP contribution is -2.24. The Hall–Kier alpha value is -3.45. The first-order chi connectivity index (χ1) is 13.6. The fourth-order valence-corrected chi connectivity index (χ4v) is 2.84. The number of ether oxygens (including phenoxy) is 2. The summed E-state index contributed by atoms with van der Waals surface area (Å²) in [4.78, 5) is 24.2. The lowest BCUT2D eigenvalue weighted by molar-refractivity contribution is -0.123. The predicted molar refractivity (Wildman–Crippen MR) is 108 cm³/mol. The summed E-state index contributed by atoms with van der Waals surface area (Å²) in [7, 11) is 0. The fourth-order valence-electron chi connectivity index (χ4n) is 2.24. The van der Waals surface area contributed by atoms with Crippen molar-refractivity contribution in [2.45, 2.75) is 6.92 Å². The van der Waals surface area contributed by atoms with Gasteiger partial charge in [-0.3, -0.25) is 4.79 Å². The van der Waals surface area contributed by atoms with Gasteiger partial charge in [-0.2, -0.15) is 5.10 Å². The summed E-state index contributed by atoms with van der Waals surface area (Å²) >= 11 is 1.32. The fraction of sp³-hybridized carbons (Fsp3) is 0.0952. The van der Waals surface area contributed by atoms with Crippen LogP contribution in [0.15, 0.2) is 71.1 Å². The third-order valence-electron chi connectivity index (χ3n) is 3.58. The van der Waals surface area contributed by atoms with Gasteiger partial charge in [0.1, 0.15) is 16.4 Å². The largest absolute Gasteiger partial charge is 0.484 e. The number of hydrogen-bond donors (Lipinski definition) is 1. The smallest absolute Gasteiger partial charge is 0.353 e. The molecule has 1 amide bonds. The van der Waals surface area contributed by atoms with Crippen LogP contribution in [0.2, 0.25) is 0 Å². The Kier molecular flexibility index (Phi) is 6.54. The van der Waals surface area contributed by atoms with Crippen molar-refractivity contribution in [2.75, 3.05) is 6.61 Å². The van der Waals surface area contributed by atoms with Crippen molar-refractivity contribution in [3.63, 3.8) is 0 Å². The molecule has 0 aliphatic heterocycles. The summed E-state index contributed by atoms with van der Waals surface area (Å²) in [5.74, 6) is 0.314. The van der Waals surface area contributed by atoms with E-state index in [1.54, 1.807) is 42.5 Å². The van der Waals surface area contributed by atoms with Crippen LogP contribution in [-0.2, 0) is 4.79 Å². The number of aryl methyl sites for hydroxylation is 1. The number of hydrogen-bond acceptors (Lipinski definition) is 6. The van der Waals surface area contributed by atoms with Gasteiger partial charge in [-0.1, -0.05) is 18.2 Å². The molecule has 0 unspecified atom stereocenters. The molecular weight excluding hydrogens is 376 g/mol. The minimum atomic E-state index is -0.391. The van der Waals surface area contributed by atoms with Crippen LogP contribution < -0.4 is 14.9 Å². The number of benzene rings is 2. The molecule has 142 valence electrons. The molecule has 0 bridgehead atoms. The molecule has 1 heterocycles. The van der Waals surface area contributed by atoms with Crippen LogP contribution in [0.4, 0.5) is 0 Å². The number of amides is 1. The van der Waals surface area contributed by atoms with Gasteiger partial charge in [-0.05, 0) is 65.9 Å². The highest BCUT2D eigenvalue weighted by atomic mass is 32.1. The number of nitrogens with zero attached hydrogens (tertiary/aromatic N) is 1. The van der Waals surface area contributed by atoms with Crippen molar-refractivity contribution in [1.29, 1.82) is 0 Å². The van der Waals surface area contributed by atoms with Crippen LogP contribution in [-0.4, -0.2) is 24.7 Å². The van der Waals surface area contributed by atoms with Gasteiger partial charge in [0.05, 0.1) is 6.21 Å². The van der Waals surface area contributed by atoms with E-state index in [4.69, 9.17) is 9.47 Å². The first-order valence-corrected chi connectivity index (χ1v) is 9.35. The molecule has 2 aromatic carbocycles. The van der Waals surface area contributed by atoms with E-state index in [2.05, 4.69) is 10.5 Å². The van der Waals surface area contributed by atoms with Gasteiger partial charge in [0.2, 0.25) is 0 Å². The highest BCUT2D eigenvalue weighted by Crippen LogP contribution is 2.16. The number of carbonyl (C=O) groups is 2. The molecule has 0 saturated carbocycles. The first-order valence-electron chi connectivity index (χ1n) is 8.47. The number of rotatable bonds is 7. The molecule has 0 saturated heterocycles. The van der Waals surface area contributed by atoms with Gasteiger partial charge in [0.25, 0.3) is 5.91 Å². The maximum atomic E-state index is 11.9. The van der Waals surface area contributed by atoms with Crippen LogP contribution in [0.1, 0.15) is 20.8 Å². The molecule has 0 atom stereocenters. The molecule has 0 radical (unpaired) electrons. The molecule has 6 nitrogen and oxygen atoms in total. The van der Waals surface area contributed by atoms with Crippen molar-refractivity contribution < 1.29 is 19.1 Å². The van der Waals surface area contributed by atoms with Crippen molar-refractivity contribution in [3.8, 4) is 11.5 Å². The number of thiophene rings is 1. The van der Waals surface area contributed by atoms with Gasteiger partial charge in [0, 0.05) is 0 Å². The second-order valence-electron chi connectivity index (χ2n) is 5.83. The van der Waals surface area contributed by atoms with Gasteiger partial charge in [-0.15, -0.1) is 11.3 Å². The van der Waals surface area contributed by atoms with Gasteiger partial charge < -0.3 is 9.47 Å². The van der Waals surface area contributed by atoms with Gasteiger partial charge >= 0.3 is 5.97 Å². The van der Waals surface area contributed by atoms with E-state index in [0.29, 0.717) is 16.4 Å². The lowest BCUT2D eigenvalue weighted by Gasteiger charge is -2.05. The monoisotopic (exact) mass is 394 g/mol. The highest BCUT2D eigenvalue weighted by Gasteiger charge is 2.09. The van der Waals surface area contributed by atoms with E-state index in [1.807, 2.05) is 30.5 Å². The summed E-state index contributed by atoms with van der Waals surface area (Å²) in [5.41, 5.74) is 4.20. The molecule has 1 N–H and O–H groups in total. The SMILES string of the molecule is Cc1cccc(OCC(=O)N/N=C\c2ccc(OC(=O)c3cccs3)cc2)c1. The Morgan fingerprint density at radius 1 is 1.07 bits per heavy atom. The standard InChI is InChI=1S/C21H18N2O4S/c1-15-4-2-5-18(12-15)26-14-20(24)23-22-13-16-7-9-17(10-8-16)27-21(25)19-6-3-11-28-19/h2-13H,14H2,1H3,(H,23,24)/b22-13-. The average Bonchev–Trinajstić information content (AvgIpc) is 3.23. The third kappa shape index (κ3) is 5.78. The predicted octanol–water partition coefficient (Wildman–Crippen LogP) is 3.80. The van der Waals surface area contributed by atoms with E-state index in [0.717, 1.165) is 11.1 Å². The van der Waals surface area contributed by atoms with Crippen LogP contribution in [0.25, 0.3) is 0 Å². The summed E-state index contributed by atoms with van der Waals surface area (Å²) in [6.07, 6.45) is 1.50. The molecule has 7 heteroatoms. The molecule has 3 aromatic rings. The quantitative estimate of drug-likeness (QED) is 0.286. The van der Waals surface area contributed by atoms with Gasteiger partial charge in [0.15, 0.2) is 6.61 Å². The number of esters is 1. The molecule has 0 aliphatic carbocycles.